The van der Waals surface area contributed by atoms with Crippen LogP contribution >= 0.6 is 23.2 Å². The highest BCUT2D eigenvalue weighted by Gasteiger charge is 2.34. The first-order chi connectivity index (χ1) is 9.94. The van der Waals surface area contributed by atoms with Gasteiger partial charge in [-0.3, -0.25) is 4.79 Å². The Morgan fingerprint density at radius 1 is 1.24 bits per heavy atom. The zero-order chi connectivity index (χ0) is 15.5. The predicted molar refractivity (Wildman–Crippen MR) is 82.5 cm³/mol. The highest BCUT2D eigenvalue weighted by atomic mass is 35.5. The van der Waals surface area contributed by atoms with Gasteiger partial charge in [-0.2, -0.15) is 0 Å². The van der Waals surface area contributed by atoms with Crippen molar-refractivity contribution in [1.82, 2.24) is 5.32 Å². The number of aliphatic hydroxyl groups excluding tert-OH is 2. The molecule has 1 amide bonds. The molecule has 21 heavy (non-hydrogen) atoms. The Labute approximate surface area is 134 Å². The second-order valence-corrected chi connectivity index (χ2v) is 6.49. The number of carbonyl (C=O) groups is 1. The molecule has 0 bridgehead atoms. The van der Waals surface area contributed by atoms with Crippen molar-refractivity contribution in [2.75, 3.05) is 6.61 Å². The third-order valence-corrected chi connectivity index (χ3v) is 4.35. The van der Waals surface area contributed by atoms with E-state index in [9.17, 15) is 15.0 Å². The molecule has 1 aliphatic carbocycles. The first-order valence-corrected chi connectivity index (χ1v) is 7.76. The van der Waals surface area contributed by atoms with Gasteiger partial charge in [-0.05, 0) is 36.6 Å². The van der Waals surface area contributed by atoms with Gasteiger partial charge >= 0.3 is 0 Å². The van der Waals surface area contributed by atoms with Crippen LogP contribution in [0.1, 0.15) is 43.8 Å². The molecule has 1 unspecified atom stereocenters. The molecule has 1 saturated carbocycles. The molecule has 6 heteroatoms. The molecule has 0 saturated heterocycles. The minimum atomic E-state index is -0.974. The van der Waals surface area contributed by atoms with Gasteiger partial charge in [-0.1, -0.05) is 36.0 Å². The van der Waals surface area contributed by atoms with E-state index in [2.05, 4.69) is 5.32 Å². The van der Waals surface area contributed by atoms with E-state index in [1.807, 2.05) is 0 Å². The molecule has 0 radical (unpaired) electrons. The predicted octanol–water partition coefficient (Wildman–Crippen LogP) is 2.84. The summed E-state index contributed by atoms with van der Waals surface area (Å²) < 4.78 is 0. The fourth-order valence-electron chi connectivity index (χ4n) is 2.78. The first kappa shape index (κ1) is 16.6. The lowest BCUT2D eigenvalue weighted by atomic mass is 9.98. The van der Waals surface area contributed by atoms with E-state index < -0.39 is 11.6 Å². The fourth-order valence-corrected chi connectivity index (χ4v) is 3.33. The molecular weight excluding hydrogens is 313 g/mol. The Hall–Kier alpha value is -0.810. The number of hydrogen-bond donors (Lipinski definition) is 3. The number of rotatable bonds is 5. The summed E-state index contributed by atoms with van der Waals surface area (Å²) >= 11 is 11.8. The quantitative estimate of drug-likeness (QED) is 0.777. The van der Waals surface area contributed by atoms with Crippen molar-refractivity contribution in [3.63, 3.8) is 0 Å². The molecule has 0 aliphatic heterocycles. The summed E-state index contributed by atoms with van der Waals surface area (Å²) in [5.41, 5.74) is -0.0184. The van der Waals surface area contributed by atoms with Crippen LogP contribution in [0.2, 0.25) is 10.0 Å². The van der Waals surface area contributed by atoms with Gasteiger partial charge in [-0.25, -0.2) is 0 Å². The highest BCUT2D eigenvalue weighted by molar-refractivity contribution is 6.34. The molecule has 116 valence electrons. The number of halogens is 2. The Kier molecular flexibility index (Phi) is 5.49. The summed E-state index contributed by atoms with van der Waals surface area (Å²) in [7, 11) is 0. The number of carbonyl (C=O) groups excluding carboxylic acids is 1. The molecule has 0 heterocycles. The van der Waals surface area contributed by atoms with E-state index in [0.717, 1.165) is 25.7 Å². The van der Waals surface area contributed by atoms with Gasteiger partial charge in [0.2, 0.25) is 5.91 Å². The van der Waals surface area contributed by atoms with E-state index in [-0.39, 0.29) is 18.9 Å². The van der Waals surface area contributed by atoms with Gasteiger partial charge in [0.25, 0.3) is 0 Å². The minimum absolute atomic E-state index is 0.0716. The monoisotopic (exact) mass is 331 g/mol. The van der Waals surface area contributed by atoms with Crippen LogP contribution in [0, 0.1) is 0 Å². The van der Waals surface area contributed by atoms with Gasteiger partial charge in [0.15, 0.2) is 0 Å². The zero-order valence-electron chi connectivity index (χ0n) is 11.6. The number of nitrogens with one attached hydrogen (secondary N) is 1. The lowest BCUT2D eigenvalue weighted by molar-refractivity contribution is -0.125. The maximum Gasteiger partial charge on any atom is 0.223 e. The van der Waals surface area contributed by atoms with Crippen LogP contribution in [-0.2, 0) is 4.79 Å². The SMILES string of the molecule is O=C(CC(O)c1cc(Cl)cc(Cl)c1)NC1(CO)CCCC1. The second kappa shape index (κ2) is 6.97. The molecule has 1 fully saturated rings. The average Bonchev–Trinajstić information content (AvgIpc) is 2.86. The molecule has 1 aromatic carbocycles. The number of benzene rings is 1. The highest BCUT2D eigenvalue weighted by Crippen LogP contribution is 2.30. The molecule has 1 aromatic rings. The summed E-state index contributed by atoms with van der Waals surface area (Å²) in [6.45, 7) is -0.0716. The number of hydrogen-bond acceptors (Lipinski definition) is 3. The van der Waals surface area contributed by atoms with Crippen LogP contribution in [0.25, 0.3) is 0 Å². The maximum atomic E-state index is 12.1. The number of aliphatic hydroxyl groups is 2. The molecule has 2 rings (SSSR count). The Balaban J connectivity index is 1.98. The summed E-state index contributed by atoms with van der Waals surface area (Å²) in [5.74, 6) is -0.283. The van der Waals surface area contributed by atoms with Crippen LogP contribution in [0.15, 0.2) is 18.2 Å². The molecule has 0 spiro atoms. The minimum Gasteiger partial charge on any atom is -0.394 e. The molecule has 4 nitrogen and oxygen atoms in total. The van der Waals surface area contributed by atoms with E-state index in [1.165, 1.54) is 0 Å². The second-order valence-electron chi connectivity index (χ2n) is 5.62. The zero-order valence-corrected chi connectivity index (χ0v) is 13.1. The fraction of sp³-hybridized carbons (Fsp3) is 0.533. The largest absolute Gasteiger partial charge is 0.394 e. The summed E-state index contributed by atoms with van der Waals surface area (Å²) in [5, 5.41) is 23.3. The summed E-state index contributed by atoms with van der Waals surface area (Å²) in [6.07, 6.45) is 2.47. The molecular formula is C15H19Cl2NO3. The standard InChI is InChI=1S/C15H19Cl2NO3/c16-11-5-10(6-12(17)7-11)13(20)8-14(21)18-15(9-19)3-1-2-4-15/h5-7,13,19-20H,1-4,8-9H2,(H,18,21). The first-order valence-electron chi connectivity index (χ1n) is 7.00. The van der Waals surface area contributed by atoms with Gasteiger partial charge in [-0.15, -0.1) is 0 Å². The smallest absolute Gasteiger partial charge is 0.223 e. The lowest BCUT2D eigenvalue weighted by Gasteiger charge is -2.28. The van der Waals surface area contributed by atoms with Crippen LogP contribution in [0.5, 0.6) is 0 Å². The molecule has 1 atom stereocenters. The van der Waals surface area contributed by atoms with Gasteiger partial charge in [0.05, 0.1) is 24.7 Å². The van der Waals surface area contributed by atoms with Crippen molar-refractivity contribution in [2.24, 2.45) is 0 Å². The van der Waals surface area contributed by atoms with Crippen molar-refractivity contribution in [1.29, 1.82) is 0 Å². The number of amides is 1. The van der Waals surface area contributed by atoms with Crippen molar-refractivity contribution in [2.45, 2.75) is 43.7 Å². The summed E-state index contributed by atoms with van der Waals surface area (Å²) in [6, 6.07) is 4.74. The van der Waals surface area contributed by atoms with Crippen LogP contribution in [-0.4, -0.2) is 28.3 Å². The average molecular weight is 332 g/mol. The van der Waals surface area contributed by atoms with Crippen LogP contribution in [0.4, 0.5) is 0 Å². The van der Waals surface area contributed by atoms with E-state index in [1.54, 1.807) is 18.2 Å². The Morgan fingerprint density at radius 2 is 1.81 bits per heavy atom. The normalized spacial score (nSPS) is 18.5. The van der Waals surface area contributed by atoms with E-state index in [0.29, 0.717) is 15.6 Å². The lowest BCUT2D eigenvalue weighted by Crippen LogP contribution is -2.49. The third kappa shape index (κ3) is 4.33. The van der Waals surface area contributed by atoms with Crippen molar-refractivity contribution in [3.05, 3.63) is 33.8 Å². The maximum absolute atomic E-state index is 12.1. The van der Waals surface area contributed by atoms with Crippen molar-refractivity contribution in [3.8, 4) is 0 Å². The third-order valence-electron chi connectivity index (χ3n) is 3.92. The van der Waals surface area contributed by atoms with E-state index >= 15 is 0 Å². The van der Waals surface area contributed by atoms with Crippen LogP contribution < -0.4 is 5.32 Å². The topological polar surface area (TPSA) is 69.6 Å². The van der Waals surface area contributed by atoms with Gasteiger partial charge in [0.1, 0.15) is 0 Å². The van der Waals surface area contributed by atoms with Gasteiger partial charge < -0.3 is 15.5 Å². The molecule has 0 aromatic heterocycles. The molecule has 3 N–H and O–H groups in total. The molecule has 1 aliphatic rings. The van der Waals surface area contributed by atoms with Gasteiger partial charge in [0, 0.05) is 10.0 Å². The Bertz CT molecular complexity index is 495. The summed E-state index contributed by atoms with van der Waals surface area (Å²) in [4.78, 5) is 12.1. The van der Waals surface area contributed by atoms with Crippen molar-refractivity contribution >= 4 is 29.1 Å². The Morgan fingerprint density at radius 3 is 2.33 bits per heavy atom. The van der Waals surface area contributed by atoms with Crippen LogP contribution in [0.3, 0.4) is 0 Å². The van der Waals surface area contributed by atoms with Crippen molar-refractivity contribution < 1.29 is 15.0 Å². The van der Waals surface area contributed by atoms with E-state index in [4.69, 9.17) is 23.2 Å².